The number of hydrogen-bond acceptors (Lipinski definition) is 4. The summed E-state index contributed by atoms with van der Waals surface area (Å²) in [5.74, 6) is 0.405. The third-order valence-corrected chi connectivity index (χ3v) is 7.88. The second-order valence-electron chi connectivity index (χ2n) is 9.66. The number of allylic oxidation sites excluding steroid dienone is 3. The van der Waals surface area contributed by atoms with Crippen molar-refractivity contribution in [1.29, 1.82) is 0 Å². The maximum atomic E-state index is 12.9. The van der Waals surface area contributed by atoms with Gasteiger partial charge in [-0.25, -0.2) is 0 Å². The first-order valence-electron chi connectivity index (χ1n) is 11.3. The zero-order valence-corrected chi connectivity index (χ0v) is 18.4. The molecule has 1 saturated heterocycles. The fourth-order valence-corrected chi connectivity index (χ4v) is 5.95. The molecule has 1 saturated carbocycles. The van der Waals surface area contributed by atoms with E-state index in [0.717, 1.165) is 44.9 Å². The average molecular weight is 404 g/mol. The van der Waals surface area contributed by atoms with E-state index in [0.29, 0.717) is 11.8 Å². The lowest BCUT2D eigenvalue weighted by atomic mass is 9.53. The number of amides is 1. The molecule has 29 heavy (non-hydrogen) atoms. The van der Waals surface area contributed by atoms with Gasteiger partial charge in [-0.15, -0.1) is 0 Å². The molecule has 5 nitrogen and oxygen atoms in total. The Kier molecular flexibility index (Phi) is 6.57. The Morgan fingerprint density at radius 2 is 1.97 bits per heavy atom. The molecule has 0 aromatic rings. The number of Topliss-reactive ketones (excluding diaryl/α,β-unsaturated/α-hetero) is 1. The van der Waals surface area contributed by atoms with Crippen LogP contribution in [0.25, 0.3) is 0 Å². The van der Waals surface area contributed by atoms with Crippen molar-refractivity contribution in [2.45, 2.75) is 71.8 Å². The van der Waals surface area contributed by atoms with Gasteiger partial charge in [0.15, 0.2) is 5.78 Å². The second-order valence-corrected chi connectivity index (χ2v) is 9.66. The number of rotatable bonds is 6. The quantitative estimate of drug-likeness (QED) is 0.231. The topological polar surface area (TPSA) is 77.8 Å². The van der Waals surface area contributed by atoms with Crippen molar-refractivity contribution in [3.8, 4) is 0 Å². The summed E-state index contributed by atoms with van der Waals surface area (Å²) in [6.45, 7) is 6.10. The van der Waals surface area contributed by atoms with Crippen LogP contribution in [0.4, 0.5) is 0 Å². The van der Waals surface area contributed by atoms with Crippen molar-refractivity contribution in [3.05, 3.63) is 23.5 Å². The van der Waals surface area contributed by atoms with Gasteiger partial charge >= 0.3 is 0 Å². The summed E-state index contributed by atoms with van der Waals surface area (Å²) < 4.78 is 0. The minimum absolute atomic E-state index is 0.0364. The summed E-state index contributed by atoms with van der Waals surface area (Å²) in [5, 5.41) is 21.1. The van der Waals surface area contributed by atoms with Gasteiger partial charge in [-0.3, -0.25) is 9.59 Å². The smallest absolute Gasteiger partial charge is 0.261 e. The van der Waals surface area contributed by atoms with Crippen molar-refractivity contribution < 1.29 is 19.8 Å². The van der Waals surface area contributed by atoms with E-state index in [4.69, 9.17) is 0 Å². The van der Waals surface area contributed by atoms with Crippen LogP contribution in [0.3, 0.4) is 0 Å². The first kappa shape index (κ1) is 22.1. The summed E-state index contributed by atoms with van der Waals surface area (Å²) in [6, 6.07) is -0.886. The molecule has 5 heteroatoms. The number of aliphatic hydroxyl groups is 2. The Morgan fingerprint density at radius 3 is 2.59 bits per heavy atom. The third kappa shape index (κ3) is 3.67. The molecule has 0 aromatic carbocycles. The van der Waals surface area contributed by atoms with E-state index in [1.807, 2.05) is 0 Å². The van der Waals surface area contributed by atoms with Gasteiger partial charge in [0.05, 0.1) is 6.61 Å². The molecule has 0 radical (unpaired) electrons. The summed E-state index contributed by atoms with van der Waals surface area (Å²) in [5.41, 5.74) is -0.721. The van der Waals surface area contributed by atoms with Crippen molar-refractivity contribution in [3.63, 3.8) is 0 Å². The highest BCUT2D eigenvalue weighted by atomic mass is 16.3. The van der Waals surface area contributed by atoms with Crippen LogP contribution in [0.15, 0.2) is 23.5 Å². The number of likely N-dealkylation sites (N-methyl/N-ethyl adjacent to an activating group) is 1. The number of likely N-dealkylation sites (tertiary alicyclic amines) is 1. The molecule has 2 aliphatic carbocycles. The van der Waals surface area contributed by atoms with Gasteiger partial charge in [0, 0.05) is 12.5 Å². The summed E-state index contributed by atoms with van der Waals surface area (Å²) in [7, 11) is 1.52. The van der Waals surface area contributed by atoms with Crippen LogP contribution in [0, 0.1) is 29.1 Å². The van der Waals surface area contributed by atoms with Gasteiger partial charge in [0.1, 0.15) is 17.4 Å². The molecule has 0 bridgehead atoms. The molecule has 3 aliphatic rings. The van der Waals surface area contributed by atoms with E-state index < -0.39 is 29.8 Å². The first-order valence-corrected chi connectivity index (χ1v) is 11.3. The van der Waals surface area contributed by atoms with Gasteiger partial charge in [-0.1, -0.05) is 58.6 Å². The highest BCUT2D eigenvalue weighted by Gasteiger charge is 2.54. The van der Waals surface area contributed by atoms with Gasteiger partial charge in [0.25, 0.3) is 5.91 Å². The number of hydrogen-bond donors (Lipinski definition) is 2. The molecule has 1 amide bonds. The Morgan fingerprint density at radius 1 is 1.24 bits per heavy atom. The van der Waals surface area contributed by atoms with E-state index in [1.54, 1.807) is 0 Å². The Bertz CT molecular complexity index is 712. The standard InChI is InChI=1S/C24H37NO4/c1-5-6-7-8-17-11-10-16-13-15(2)9-12-18(16)24(17,3)22(28)20-21(27)19(14-26)25(4)23(20)29/h10-11,15-19,26,28H,5-9,12-14H2,1-4H3/b22-20+/t15-,16-,17-,18-,19+,24-/m1/s1. The minimum atomic E-state index is -0.886. The predicted octanol–water partition coefficient (Wildman–Crippen LogP) is 4.03. The number of fused-ring (bicyclic) bond motifs is 1. The molecule has 0 aromatic heterocycles. The van der Waals surface area contributed by atoms with Crippen LogP contribution in [-0.4, -0.2) is 46.5 Å². The lowest BCUT2D eigenvalue weighted by molar-refractivity contribution is -0.126. The van der Waals surface area contributed by atoms with E-state index in [9.17, 15) is 19.8 Å². The molecule has 1 aliphatic heterocycles. The van der Waals surface area contributed by atoms with Crippen molar-refractivity contribution >= 4 is 11.7 Å². The molecule has 3 rings (SSSR count). The highest BCUT2D eigenvalue weighted by molar-refractivity contribution is 6.26. The van der Waals surface area contributed by atoms with Gasteiger partial charge in [0.2, 0.25) is 0 Å². The Labute approximate surface area is 174 Å². The Balaban J connectivity index is 2.06. The van der Waals surface area contributed by atoms with E-state index in [-0.39, 0.29) is 23.2 Å². The second kappa shape index (κ2) is 8.63. The molecular weight excluding hydrogens is 366 g/mol. The van der Waals surface area contributed by atoms with Crippen LogP contribution in [0.1, 0.15) is 65.7 Å². The lowest BCUT2D eigenvalue weighted by Gasteiger charge is -2.51. The Hall–Kier alpha value is -1.62. The number of unbranched alkanes of at least 4 members (excludes halogenated alkanes) is 2. The highest BCUT2D eigenvalue weighted by Crippen LogP contribution is 2.56. The fourth-order valence-electron chi connectivity index (χ4n) is 5.95. The van der Waals surface area contributed by atoms with E-state index in [1.165, 1.54) is 11.9 Å². The lowest BCUT2D eigenvalue weighted by Crippen LogP contribution is -2.46. The van der Waals surface area contributed by atoms with Gasteiger partial charge in [-0.2, -0.15) is 0 Å². The zero-order chi connectivity index (χ0) is 21.3. The van der Waals surface area contributed by atoms with Crippen LogP contribution in [0.5, 0.6) is 0 Å². The van der Waals surface area contributed by atoms with E-state index >= 15 is 0 Å². The maximum absolute atomic E-state index is 12.9. The molecule has 0 unspecified atom stereocenters. The third-order valence-electron chi connectivity index (χ3n) is 7.88. The van der Waals surface area contributed by atoms with Crippen molar-refractivity contribution in [1.82, 2.24) is 4.90 Å². The van der Waals surface area contributed by atoms with E-state index in [2.05, 4.69) is 32.9 Å². The van der Waals surface area contributed by atoms with Gasteiger partial charge < -0.3 is 15.1 Å². The van der Waals surface area contributed by atoms with Crippen molar-refractivity contribution in [2.24, 2.45) is 29.1 Å². The van der Waals surface area contributed by atoms with Crippen molar-refractivity contribution in [2.75, 3.05) is 13.7 Å². The minimum Gasteiger partial charge on any atom is -0.511 e. The van der Waals surface area contributed by atoms with Crippen LogP contribution in [0.2, 0.25) is 0 Å². The number of ketones is 1. The molecule has 162 valence electrons. The first-order chi connectivity index (χ1) is 13.8. The number of carbonyl (C=O) groups excluding carboxylic acids is 2. The fraction of sp³-hybridized carbons (Fsp3) is 0.750. The van der Waals surface area contributed by atoms with Crippen LogP contribution in [-0.2, 0) is 9.59 Å². The molecule has 1 heterocycles. The summed E-state index contributed by atoms with van der Waals surface area (Å²) in [6.07, 6.45) is 12.0. The van der Waals surface area contributed by atoms with Crippen LogP contribution < -0.4 is 0 Å². The summed E-state index contributed by atoms with van der Waals surface area (Å²) in [4.78, 5) is 27.0. The van der Waals surface area contributed by atoms with Crippen LogP contribution >= 0.6 is 0 Å². The van der Waals surface area contributed by atoms with Gasteiger partial charge in [-0.05, 0) is 42.9 Å². The molecular formula is C24H37NO4. The average Bonchev–Trinajstić information content (AvgIpc) is 2.91. The molecule has 2 N–H and O–H groups in total. The number of nitrogens with zero attached hydrogens (tertiary/aromatic N) is 1. The predicted molar refractivity (Wildman–Crippen MR) is 113 cm³/mol. The molecule has 0 spiro atoms. The molecule has 2 fully saturated rings. The summed E-state index contributed by atoms with van der Waals surface area (Å²) >= 11 is 0. The largest absolute Gasteiger partial charge is 0.511 e. The SMILES string of the molecule is CCCCC[C@@H]1C=C[C@@H]2C[C@H](C)CC[C@H]2[C@]1(C)/C(O)=C1/C(=O)[C@H](CO)N(C)C1=O. The maximum Gasteiger partial charge on any atom is 0.261 e. The zero-order valence-electron chi connectivity index (χ0n) is 18.4. The molecule has 6 atom stereocenters. The number of carbonyl (C=O) groups is 2. The number of aliphatic hydroxyl groups excluding tert-OH is 2. The monoisotopic (exact) mass is 403 g/mol. The normalized spacial score (nSPS) is 39.1.